The van der Waals surface area contributed by atoms with Gasteiger partial charge < -0.3 is 14.2 Å². The normalized spacial score (nSPS) is 25.7. The van der Waals surface area contributed by atoms with E-state index in [1.54, 1.807) is 0 Å². The Bertz CT molecular complexity index is 605. The van der Waals surface area contributed by atoms with Gasteiger partial charge in [-0.2, -0.15) is 0 Å². The van der Waals surface area contributed by atoms with Crippen molar-refractivity contribution in [2.75, 3.05) is 20.3 Å². The highest BCUT2D eigenvalue weighted by Gasteiger charge is 2.45. The second-order valence-corrected chi connectivity index (χ2v) is 10.3. The number of unbranched alkanes of at least 4 members (excludes halogenated alkanes) is 3. The Morgan fingerprint density at radius 1 is 1.00 bits per heavy atom. The van der Waals surface area contributed by atoms with Crippen molar-refractivity contribution in [2.24, 2.45) is 17.3 Å². The van der Waals surface area contributed by atoms with Crippen molar-refractivity contribution >= 4 is 11.8 Å². The molecule has 178 valence electrons. The molecule has 0 amide bonds. The van der Waals surface area contributed by atoms with Crippen LogP contribution in [0, 0.1) is 17.3 Å². The summed E-state index contributed by atoms with van der Waals surface area (Å²) in [5.41, 5.74) is 0.965. The number of ketones is 1. The molecule has 1 aliphatic carbocycles. The molecule has 4 atom stereocenters. The minimum absolute atomic E-state index is 0.122. The van der Waals surface area contributed by atoms with E-state index >= 15 is 0 Å². The standard InChI is InChI=1S/C26H44O5/c1-19(2)14-15-26(3,4)23(27)13-12-20-18-22-25(31-17-16-30-22)21(20)10-8-6-7-9-11-24(28)29-5/h14,20-22,25H,6-13,15-18H2,1-5H3/t20-,21+,22?,25?/m0/s1. The van der Waals surface area contributed by atoms with Gasteiger partial charge in [-0.15, -0.1) is 0 Å². The summed E-state index contributed by atoms with van der Waals surface area (Å²) in [7, 11) is 1.44. The van der Waals surface area contributed by atoms with Crippen LogP contribution in [0.2, 0.25) is 0 Å². The molecule has 1 saturated heterocycles. The highest BCUT2D eigenvalue weighted by atomic mass is 16.6. The summed E-state index contributed by atoms with van der Waals surface area (Å²) < 4.78 is 16.9. The second-order valence-electron chi connectivity index (χ2n) is 10.3. The van der Waals surface area contributed by atoms with Crippen LogP contribution >= 0.6 is 0 Å². The number of hydrogen-bond acceptors (Lipinski definition) is 5. The van der Waals surface area contributed by atoms with Crippen LogP contribution in [0.4, 0.5) is 0 Å². The third-order valence-corrected chi connectivity index (χ3v) is 7.07. The largest absolute Gasteiger partial charge is 0.469 e. The van der Waals surface area contributed by atoms with Crippen LogP contribution in [0.1, 0.15) is 91.9 Å². The summed E-state index contributed by atoms with van der Waals surface area (Å²) in [4.78, 5) is 24.2. The molecule has 2 rings (SSSR count). The van der Waals surface area contributed by atoms with Crippen LogP contribution in [0.25, 0.3) is 0 Å². The Balaban J connectivity index is 1.84. The van der Waals surface area contributed by atoms with Crippen molar-refractivity contribution < 1.29 is 23.8 Å². The molecule has 1 heterocycles. The number of rotatable bonds is 13. The summed E-state index contributed by atoms with van der Waals surface area (Å²) in [6, 6.07) is 0. The van der Waals surface area contributed by atoms with E-state index in [-0.39, 0.29) is 23.6 Å². The number of allylic oxidation sites excluding steroid dienone is 2. The average molecular weight is 437 g/mol. The number of esters is 1. The Morgan fingerprint density at radius 2 is 1.71 bits per heavy atom. The van der Waals surface area contributed by atoms with Crippen molar-refractivity contribution in [3.05, 3.63) is 11.6 Å². The molecule has 2 fully saturated rings. The van der Waals surface area contributed by atoms with Crippen LogP contribution in [-0.2, 0) is 23.8 Å². The van der Waals surface area contributed by atoms with Gasteiger partial charge in [-0.25, -0.2) is 0 Å². The SMILES string of the molecule is COC(=O)CCCCCC[C@H]1C2OCCOC2C[C@@H]1CCC(=O)C(C)(C)CC=C(C)C. The highest BCUT2D eigenvalue weighted by Crippen LogP contribution is 2.43. The third kappa shape index (κ3) is 8.34. The quantitative estimate of drug-likeness (QED) is 0.212. The predicted molar refractivity (Wildman–Crippen MR) is 123 cm³/mol. The van der Waals surface area contributed by atoms with Crippen LogP contribution in [-0.4, -0.2) is 44.3 Å². The molecule has 2 unspecified atom stereocenters. The zero-order chi connectivity index (χ0) is 22.9. The lowest BCUT2D eigenvalue weighted by Crippen LogP contribution is -2.38. The maximum absolute atomic E-state index is 12.9. The zero-order valence-corrected chi connectivity index (χ0v) is 20.4. The lowest BCUT2D eigenvalue weighted by atomic mass is 9.79. The minimum atomic E-state index is -0.301. The van der Waals surface area contributed by atoms with Gasteiger partial charge in [0.2, 0.25) is 0 Å². The van der Waals surface area contributed by atoms with Gasteiger partial charge in [0.1, 0.15) is 5.78 Å². The fraction of sp³-hybridized carbons (Fsp3) is 0.846. The summed E-state index contributed by atoms with van der Waals surface area (Å²) in [6.07, 6.45) is 11.8. The van der Waals surface area contributed by atoms with E-state index in [1.807, 2.05) is 0 Å². The third-order valence-electron chi connectivity index (χ3n) is 7.07. The molecular formula is C26H44O5. The second kappa shape index (κ2) is 12.7. The summed E-state index contributed by atoms with van der Waals surface area (Å²) >= 11 is 0. The molecule has 2 aliphatic rings. The first kappa shape index (κ1) is 26.1. The molecule has 0 aromatic rings. The van der Waals surface area contributed by atoms with Gasteiger partial charge in [0.15, 0.2) is 0 Å². The lowest BCUT2D eigenvalue weighted by molar-refractivity contribution is -0.140. The van der Waals surface area contributed by atoms with E-state index in [9.17, 15) is 9.59 Å². The molecule has 31 heavy (non-hydrogen) atoms. The van der Waals surface area contributed by atoms with Gasteiger partial charge in [0.25, 0.3) is 0 Å². The topological polar surface area (TPSA) is 61.8 Å². The van der Waals surface area contributed by atoms with Crippen molar-refractivity contribution in [3.63, 3.8) is 0 Å². The predicted octanol–water partition coefficient (Wildman–Crippen LogP) is 5.65. The van der Waals surface area contributed by atoms with E-state index < -0.39 is 0 Å². The van der Waals surface area contributed by atoms with Crippen molar-refractivity contribution in [1.29, 1.82) is 0 Å². The fourth-order valence-electron chi connectivity index (χ4n) is 4.99. The molecule has 5 heteroatoms. The van der Waals surface area contributed by atoms with Crippen molar-refractivity contribution in [1.82, 2.24) is 0 Å². The van der Waals surface area contributed by atoms with Crippen LogP contribution in [0.5, 0.6) is 0 Å². The molecule has 0 radical (unpaired) electrons. The minimum Gasteiger partial charge on any atom is -0.469 e. The van der Waals surface area contributed by atoms with E-state index in [0.717, 1.165) is 51.4 Å². The maximum atomic E-state index is 12.9. The summed E-state index contributed by atoms with van der Waals surface area (Å²) in [6.45, 7) is 9.67. The summed E-state index contributed by atoms with van der Waals surface area (Å²) in [5, 5.41) is 0. The fourth-order valence-corrected chi connectivity index (χ4v) is 4.99. The molecule has 0 bridgehead atoms. The van der Waals surface area contributed by atoms with E-state index in [2.05, 4.69) is 33.8 Å². The van der Waals surface area contributed by atoms with E-state index in [1.165, 1.54) is 12.7 Å². The lowest BCUT2D eigenvalue weighted by Gasteiger charge is -2.31. The van der Waals surface area contributed by atoms with E-state index in [4.69, 9.17) is 14.2 Å². The number of methoxy groups -OCH3 is 1. The number of carbonyl (C=O) groups excluding carboxylic acids is 2. The Hall–Kier alpha value is -1.20. The molecule has 0 N–H and O–H groups in total. The van der Waals surface area contributed by atoms with Gasteiger partial charge in [-0.3, -0.25) is 9.59 Å². The Kier molecular flexibility index (Phi) is 10.7. The summed E-state index contributed by atoms with van der Waals surface area (Å²) in [5.74, 6) is 1.21. The molecule has 1 aliphatic heterocycles. The molecule has 0 aromatic carbocycles. The first-order valence-electron chi connectivity index (χ1n) is 12.2. The van der Waals surface area contributed by atoms with Crippen molar-refractivity contribution in [2.45, 2.75) is 104 Å². The molecule has 5 nitrogen and oxygen atoms in total. The van der Waals surface area contributed by atoms with Gasteiger partial charge in [-0.1, -0.05) is 44.8 Å². The molecular weight excluding hydrogens is 392 g/mol. The van der Waals surface area contributed by atoms with Gasteiger partial charge in [-0.05, 0) is 57.8 Å². The number of carbonyl (C=O) groups is 2. The molecule has 1 saturated carbocycles. The van der Waals surface area contributed by atoms with Crippen LogP contribution in [0.3, 0.4) is 0 Å². The van der Waals surface area contributed by atoms with Gasteiger partial charge in [0, 0.05) is 18.3 Å². The van der Waals surface area contributed by atoms with E-state index in [0.29, 0.717) is 43.7 Å². The molecule has 0 spiro atoms. The Labute approximate surface area is 189 Å². The first-order valence-corrected chi connectivity index (χ1v) is 12.2. The van der Waals surface area contributed by atoms with Crippen LogP contribution in [0.15, 0.2) is 11.6 Å². The van der Waals surface area contributed by atoms with Gasteiger partial charge >= 0.3 is 5.97 Å². The first-order chi connectivity index (χ1) is 14.7. The zero-order valence-electron chi connectivity index (χ0n) is 20.4. The molecule has 0 aromatic heterocycles. The number of hydrogen-bond donors (Lipinski definition) is 0. The van der Waals surface area contributed by atoms with Crippen LogP contribution < -0.4 is 0 Å². The van der Waals surface area contributed by atoms with Gasteiger partial charge in [0.05, 0.1) is 32.5 Å². The maximum Gasteiger partial charge on any atom is 0.305 e. The number of fused-ring (bicyclic) bond motifs is 1. The number of Topliss-reactive ketones (excluding diaryl/α,β-unsaturated/α-hetero) is 1. The average Bonchev–Trinajstić information content (AvgIpc) is 3.10. The smallest absolute Gasteiger partial charge is 0.305 e. The Morgan fingerprint density at radius 3 is 2.42 bits per heavy atom. The number of ether oxygens (including phenoxy) is 3. The highest BCUT2D eigenvalue weighted by molar-refractivity contribution is 5.84. The monoisotopic (exact) mass is 436 g/mol. The van der Waals surface area contributed by atoms with Crippen molar-refractivity contribution in [3.8, 4) is 0 Å².